The molecule has 0 spiro atoms. The number of H-pyrrole nitrogens is 1. The molecular weight excluding hydrogens is 378 g/mol. The van der Waals surface area contributed by atoms with Crippen LogP contribution in [0.3, 0.4) is 0 Å². The van der Waals surface area contributed by atoms with E-state index in [9.17, 15) is 4.79 Å². The predicted molar refractivity (Wildman–Crippen MR) is 94.9 cm³/mol. The normalized spacial score (nSPS) is 35.4. The first kappa shape index (κ1) is 13.9. The van der Waals surface area contributed by atoms with Crippen LogP contribution >= 0.6 is 39.0 Å². The number of benzene rings is 1. The van der Waals surface area contributed by atoms with E-state index >= 15 is 0 Å². The molecule has 2 aromatic rings. The molecule has 1 aliphatic heterocycles. The molecule has 22 heavy (non-hydrogen) atoms. The van der Waals surface area contributed by atoms with E-state index in [2.05, 4.69) is 45.2 Å². The Bertz CT molecular complexity index is 781. The Morgan fingerprint density at radius 2 is 1.91 bits per heavy atom. The van der Waals surface area contributed by atoms with Gasteiger partial charge in [-0.15, -0.1) is 11.8 Å². The van der Waals surface area contributed by atoms with Crippen molar-refractivity contribution >= 4 is 39.0 Å². The second kappa shape index (κ2) is 4.99. The van der Waals surface area contributed by atoms with Gasteiger partial charge in [0.1, 0.15) is 0 Å². The van der Waals surface area contributed by atoms with Crippen LogP contribution in [0, 0.1) is 17.8 Å². The summed E-state index contributed by atoms with van der Waals surface area (Å²) in [6.07, 6.45) is 4.16. The van der Waals surface area contributed by atoms with Gasteiger partial charge in [0.25, 0.3) is 0 Å². The summed E-state index contributed by atoms with van der Waals surface area (Å²) >= 11 is 6.93. The van der Waals surface area contributed by atoms with Gasteiger partial charge in [0, 0.05) is 20.5 Å². The maximum atomic E-state index is 11.9. The van der Waals surface area contributed by atoms with Crippen LogP contribution in [0.4, 0.5) is 0 Å². The second-order valence-electron chi connectivity index (χ2n) is 6.73. The van der Waals surface area contributed by atoms with Crippen molar-refractivity contribution in [3.63, 3.8) is 0 Å². The number of hydrogen-bond donors (Lipinski definition) is 1. The van der Waals surface area contributed by atoms with Gasteiger partial charge in [-0.3, -0.25) is 4.79 Å². The number of aromatic nitrogens is 1. The van der Waals surface area contributed by atoms with Crippen molar-refractivity contribution in [1.29, 1.82) is 0 Å². The molecule has 3 aliphatic rings. The van der Waals surface area contributed by atoms with Gasteiger partial charge in [-0.25, -0.2) is 0 Å². The second-order valence-corrected chi connectivity index (χ2v) is 9.85. The minimum absolute atomic E-state index is 0.104. The topological polar surface area (TPSA) is 32.9 Å². The molecule has 2 bridgehead atoms. The van der Waals surface area contributed by atoms with Crippen molar-refractivity contribution in [2.24, 2.45) is 17.8 Å². The van der Waals surface area contributed by atoms with Gasteiger partial charge < -0.3 is 4.98 Å². The highest BCUT2D eigenvalue weighted by atomic mass is 79.9. The van der Waals surface area contributed by atoms with Crippen LogP contribution in [-0.2, 0) is 0 Å². The largest absolute Gasteiger partial charge is 0.307 e. The molecule has 0 saturated heterocycles. The van der Waals surface area contributed by atoms with E-state index < -0.39 is 0 Å². The van der Waals surface area contributed by atoms with Crippen molar-refractivity contribution in [3.8, 4) is 0 Å². The molecule has 2 heterocycles. The van der Waals surface area contributed by atoms with Gasteiger partial charge >= 0.3 is 4.87 Å². The molecule has 0 amide bonds. The fraction of sp³-hybridized carbons (Fsp3) is 0.471. The Kier molecular flexibility index (Phi) is 3.15. The smallest absolute Gasteiger partial charge is 0.305 e. The molecule has 0 radical (unpaired) electrons. The summed E-state index contributed by atoms with van der Waals surface area (Å²) in [6, 6.07) is 8.74. The van der Waals surface area contributed by atoms with Crippen LogP contribution in [-0.4, -0.2) is 10.2 Å². The third-order valence-electron chi connectivity index (χ3n) is 5.69. The summed E-state index contributed by atoms with van der Waals surface area (Å²) in [5.41, 5.74) is 1.38. The zero-order valence-corrected chi connectivity index (χ0v) is 15.1. The van der Waals surface area contributed by atoms with Gasteiger partial charge in [0.15, 0.2) is 0 Å². The van der Waals surface area contributed by atoms with Crippen LogP contribution in [0.2, 0.25) is 0 Å². The number of halogens is 1. The first-order chi connectivity index (χ1) is 10.7. The number of rotatable bonds is 1. The summed E-state index contributed by atoms with van der Waals surface area (Å²) in [6.45, 7) is 0. The Labute approximate surface area is 145 Å². The van der Waals surface area contributed by atoms with E-state index in [1.165, 1.54) is 41.0 Å². The summed E-state index contributed by atoms with van der Waals surface area (Å²) in [5, 5.41) is 1.85. The standard InChI is InChI=1S/C17H16BrNOS2/c18-11-5-3-8(4-6-11)12-13-9-1-2-10(7-9)14(13)21-16-15(12)22-17(20)19-16/h3-6,9-10,12-14H,1-2,7H2,(H,19,20)/t9-,10+,12+,13+,14+/m0/s1. The zero-order valence-electron chi connectivity index (χ0n) is 11.9. The monoisotopic (exact) mass is 393 g/mol. The fourth-order valence-corrected chi connectivity index (χ4v) is 8.05. The van der Waals surface area contributed by atoms with Crippen LogP contribution in [0.25, 0.3) is 0 Å². The summed E-state index contributed by atoms with van der Waals surface area (Å²) < 4.78 is 1.12. The minimum Gasteiger partial charge on any atom is -0.307 e. The zero-order chi connectivity index (χ0) is 14.8. The number of thioether (sulfide) groups is 1. The van der Waals surface area contributed by atoms with E-state index in [4.69, 9.17) is 0 Å². The lowest BCUT2D eigenvalue weighted by Crippen LogP contribution is -2.33. The highest BCUT2D eigenvalue weighted by Gasteiger charge is 2.54. The fourth-order valence-electron chi connectivity index (χ4n) is 4.89. The number of nitrogens with one attached hydrogen (secondary N) is 1. The molecule has 2 saturated carbocycles. The average Bonchev–Trinajstić information content (AvgIpc) is 3.19. The average molecular weight is 394 g/mol. The molecule has 5 rings (SSSR count). The van der Waals surface area contributed by atoms with Gasteiger partial charge in [-0.1, -0.05) is 39.4 Å². The van der Waals surface area contributed by atoms with E-state index in [-0.39, 0.29) is 4.87 Å². The lowest BCUT2D eigenvalue weighted by molar-refractivity contribution is 0.307. The highest BCUT2D eigenvalue weighted by molar-refractivity contribution is 9.10. The highest BCUT2D eigenvalue weighted by Crippen LogP contribution is 2.63. The van der Waals surface area contributed by atoms with Crippen LogP contribution < -0.4 is 4.87 Å². The number of thiazole rings is 1. The van der Waals surface area contributed by atoms with Gasteiger partial charge in [0.05, 0.1) is 5.03 Å². The van der Waals surface area contributed by atoms with Crippen molar-refractivity contribution in [3.05, 3.63) is 48.8 Å². The third kappa shape index (κ3) is 1.95. The lowest BCUT2D eigenvalue weighted by Gasteiger charge is -2.40. The molecule has 5 atom stereocenters. The number of hydrogen-bond acceptors (Lipinski definition) is 3. The molecular formula is C17H16BrNOS2. The summed E-state index contributed by atoms with van der Waals surface area (Å²) in [4.78, 5) is 16.4. The van der Waals surface area contributed by atoms with Gasteiger partial charge in [-0.05, 0) is 54.7 Å². The number of fused-ring (bicyclic) bond motifs is 6. The van der Waals surface area contributed by atoms with Crippen molar-refractivity contribution in [1.82, 2.24) is 4.98 Å². The van der Waals surface area contributed by atoms with Crippen molar-refractivity contribution in [2.45, 2.75) is 35.5 Å². The Morgan fingerprint density at radius 1 is 1.14 bits per heavy atom. The molecule has 0 unspecified atom stereocenters. The Hall–Kier alpha value is -0.520. The van der Waals surface area contributed by atoms with Crippen LogP contribution in [0.15, 0.2) is 38.6 Å². The maximum Gasteiger partial charge on any atom is 0.305 e. The molecule has 5 heteroatoms. The van der Waals surface area contributed by atoms with E-state index in [1.807, 2.05) is 11.8 Å². The van der Waals surface area contributed by atoms with Crippen LogP contribution in [0.1, 0.15) is 35.6 Å². The number of aromatic amines is 1. The van der Waals surface area contributed by atoms with Gasteiger partial charge in [0.2, 0.25) is 0 Å². The SMILES string of the molecule is O=c1[nH]c2c(s1)[C@H](c1ccc(Br)cc1)[C@H]1[C@H]3CC[C@H](C3)[C@H]1S2. The Balaban J connectivity index is 1.68. The first-order valence-electron chi connectivity index (χ1n) is 7.86. The van der Waals surface area contributed by atoms with Crippen LogP contribution in [0.5, 0.6) is 0 Å². The molecule has 1 aromatic heterocycles. The maximum absolute atomic E-state index is 11.9. The minimum atomic E-state index is 0.104. The molecule has 2 fully saturated rings. The molecule has 114 valence electrons. The quantitative estimate of drug-likeness (QED) is 0.750. The van der Waals surface area contributed by atoms with E-state index in [0.29, 0.717) is 17.1 Å². The molecule has 2 aliphatic carbocycles. The Morgan fingerprint density at radius 3 is 2.73 bits per heavy atom. The third-order valence-corrected chi connectivity index (χ3v) is 8.85. The summed E-state index contributed by atoms with van der Waals surface area (Å²) in [7, 11) is 0. The molecule has 1 N–H and O–H groups in total. The van der Waals surface area contributed by atoms with Crippen molar-refractivity contribution in [2.75, 3.05) is 0 Å². The molecule has 2 nitrogen and oxygen atoms in total. The van der Waals surface area contributed by atoms with Crippen molar-refractivity contribution < 1.29 is 0 Å². The van der Waals surface area contributed by atoms with E-state index in [0.717, 1.165) is 21.3 Å². The lowest BCUT2D eigenvalue weighted by atomic mass is 9.75. The first-order valence-corrected chi connectivity index (χ1v) is 10.3. The predicted octanol–water partition coefficient (Wildman–Crippen LogP) is 4.85. The molecule has 1 aromatic carbocycles. The van der Waals surface area contributed by atoms with Gasteiger partial charge in [-0.2, -0.15) is 0 Å². The van der Waals surface area contributed by atoms with E-state index in [1.54, 1.807) is 0 Å². The summed E-state index contributed by atoms with van der Waals surface area (Å²) in [5.74, 6) is 2.83.